The molecular formula is C30H35N5OS. The van der Waals surface area contributed by atoms with Gasteiger partial charge in [-0.3, -0.25) is 4.79 Å². The number of rotatable bonds is 10. The molecule has 3 heterocycles. The van der Waals surface area contributed by atoms with Crippen molar-refractivity contribution in [2.45, 2.75) is 37.6 Å². The summed E-state index contributed by atoms with van der Waals surface area (Å²) in [6.45, 7) is 3.45. The van der Waals surface area contributed by atoms with Crippen molar-refractivity contribution in [1.29, 1.82) is 0 Å². The van der Waals surface area contributed by atoms with Crippen LogP contribution in [-0.2, 0) is 4.79 Å². The molecule has 6 nitrogen and oxygen atoms in total. The van der Waals surface area contributed by atoms with Crippen LogP contribution in [0.2, 0.25) is 0 Å². The summed E-state index contributed by atoms with van der Waals surface area (Å²) in [6, 6.07) is 21.7. The molecule has 0 saturated carbocycles. The van der Waals surface area contributed by atoms with Gasteiger partial charge in [0.2, 0.25) is 11.9 Å². The minimum absolute atomic E-state index is 0.217. The van der Waals surface area contributed by atoms with E-state index in [2.05, 4.69) is 80.2 Å². The molecule has 1 aliphatic rings. The molecule has 1 amide bonds. The Morgan fingerprint density at radius 1 is 1.11 bits per heavy atom. The maximum Gasteiger partial charge on any atom is 0.225 e. The highest BCUT2D eigenvalue weighted by Crippen LogP contribution is 2.35. The average molecular weight is 514 g/mol. The fourth-order valence-corrected chi connectivity index (χ4v) is 6.22. The molecule has 5 rings (SSSR count). The van der Waals surface area contributed by atoms with Crippen LogP contribution >= 0.6 is 11.3 Å². The van der Waals surface area contributed by atoms with Gasteiger partial charge in [0, 0.05) is 68.9 Å². The lowest BCUT2D eigenvalue weighted by atomic mass is 9.89. The van der Waals surface area contributed by atoms with Gasteiger partial charge in [-0.25, -0.2) is 9.97 Å². The Balaban J connectivity index is 1.18. The summed E-state index contributed by atoms with van der Waals surface area (Å²) in [5, 5.41) is 8.18. The van der Waals surface area contributed by atoms with Crippen LogP contribution in [0, 0.1) is 0 Å². The number of thiophene rings is 1. The number of fused-ring (bicyclic) bond motifs is 1. The molecule has 2 atom stereocenters. The second-order valence-corrected chi connectivity index (χ2v) is 10.7. The first-order valence-corrected chi connectivity index (χ1v) is 14.1. The minimum atomic E-state index is 0.217. The van der Waals surface area contributed by atoms with E-state index in [1.54, 1.807) is 23.7 Å². The SMILES string of the molecule is CN(CCC(c1cccs1)c1cccc2ccccc12)C(=O)CCCC1CNCCN1c1ncccn1. The molecule has 4 aromatic rings. The van der Waals surface area contributed by atoms with Crippen LogP contribution in [0.15, 0.2) is 78.4 Å². The van der Waals surface area contributed by atoms with Crippen LogP contribution in [0.1, 0.15) is 42.0 Å². The molecule has 0 aliphatic carbocycles. The first-order chi connectivity index (χ1) is 18.2. The van der Waals surface area contributed by atoms with Crippen LogP contribution in [0.5, 0.6) is 0 Å². The maximum absolute atomic E-state index is 13.1. The predicted octanol–water partition coefficient (Wildman–Crippen LogP) is 5.32. The number of amides is 1. The summed E-state index contributed by atoms with van der Waals surface area (Å²) in [4.78, 5) is 27.5. The number of nitrogens with zero attached hydrogens (tertiary/aromatic N) is 4. The highest BCUT2D eigenvalue weighted by molar-refractivity contribution is 7.10. The van der Waals surface area contributed by atoms with E-state index < -0.39 is 0 Å². The molecule has 0 bridgehead atoms. The zero-order valence-corrected chi connectivity index (χ0v) is 22.2. The molecule has 2 aromatic heterocycles. The predicted molar refractivity (Wildman–Crippen MR) is 152 cm³/mol. The number of anilines is 1. The lowest BCUT2D eigenvalue weighted by molar-refractivity contribution is -0.130. The number of carbonyl (C=O) groups is 1. The van der Waals surface area contributed by atoms with Crippen molar-refractivity contribution >= 4 is 34.0 Å². The maximum atomic E-state index is 13.1. The summed E-state index contributed by atoms with van der Waals surface area (Å²) >= 11 is 1.80. The number of nitrogens with one attached hydrogen (secondary N) is 1. The molecule has 37 heavy (non-hydrogen) atoms. The van der Waals surface area contributed by atoms with E-state index in [1.165, 1.54) is 21.2 Å². The van der Waals surface area contributed by atoms with Crippen molar-refractivity contribution in [1.82, 2.24) is 20.2 Å². The lowest BCUT2D eigenvalue weighted by Gasteiger charge is -2.36. The van der Waals surface area contributed by atoms with Crippen LogP contribution < -0.4 is 10.2 Å². The second-order valence-electron chi connectivity index (χ2n) is 9.73. The van der Waals surface area contributed by atoms with Gasteiger partial charge in [-0.05, 0) is 53.1 Å². The number of carbonyl (C=O) groups excluding carboxylic acids is 1. The van der Waals surface area contributed by atoms with Gasteiger partial charge in [-0.1, -0.05) is 48.5 Å². The van der Waals surface area contributed by atoms with Gasteiger partial charge in [0.1, 0.15) is 0 Å². The van der Waals surface area contributed by atoms with Gasteiger partial charge in [-0.15, -0.1) is 11.3 Å². The van der Waals surface area contributed by atoms with E-state index in [9.17, 15) is 4.79 Å². The van der Waals surface area contributed by atoms with Gasteiger partial charge in [0.25, 0.3) is 0 Å². The van der Waals surface area contributed by atoms with Crippen molar-refractivity contribution in [3.8, 4) is 0 Å². The molecule has 1 saturated heterocycles. The smallest absolute Gasteiger partial charge is 0.225 e. The van der Waals surface area contributed by atoms with E-state index >= 15 is 0 Å². The third-order valence-corrected chi connectivity index (χ3v) is 8.34. The quantitative estimate of drug-likeness (QED) is 0.311. The van der Waals surface area contributed by atoms with Gasteiger partial charge in [0.05, 0.1) is 0 Å². The Labute approximate surface area is 223 Å². The Bertz CT molecular complexity index is 1270. The van der Waals surface area contributed by atoms with Gasteiger partial charge >= 0.3 is 0 Å². The van der Waals surface area contributed by atoms with E-state index in [4.69, 9.17) is 0 Å². The van der Waals surface area contributed by atoms with Crippen molar-refractivity contribution in [3.05, 3.63) is 88.9 Å². The van der Waals surface area contributed by atoms with Gasteiger partial charge in [0.15, 0.2) is 0 Å². The van der Waals surface area contributed by atoms with E-state index in [0.717, 1.165) is 51.4 Å². The zero-order chi connectivity index (χ0) is 25.5. The molecule has 2 aromatic carbocycles. The van der Waals surface area contributed by atoms with Crippen LogP contribution in [-0.4, -0.2) is 60.0 Å². The zero-order valence-electron chi connectivity index (χ0n) is 21.4. The van der Waals surface area contributed by atoms with E-state index in [1.807, 2.05) is 18.0 Å². The fourth-order valence-electron chi connectivity index (χ4n) is 5.34. The van der Waals surface area contributed by atoms with Crippen molar-refractivity contribution in [2.24, 2.45) is 0 Å². The Morgan fingerprint density at radius 2 is 1.95 bits per heavy atom. The number of aromatic nitrogens is 2. The molecule has 192 valence electrons. The Kier molecular flexibility index (Phi) is 8.43. The third kappa shape index (κ3) is 6.17. The topological polar surface area (TPSA) is 61.4 Å². The minimum Gasteiger partial charge on any atom is -0.346 e. The molecule has 1 N–H and O–H groups in total. The highest BCUT2D eigenvalue weighted by Gasteiger charge is 2.25. The molecule has 7 heteroatoms. The number of hydrogen-bond acceptors (Lipinski definition) is 6. The van der Waals surface area contributed by atoms with Gasteiger partial charge in [-0.2, -0.15) is 0 Å². The summed E-state index contributed by atoms with van der Waals surface area (Å²) in [7, 11) is 1.95. The standard InChI is InChI=1S/C30H35N5OS/c1-34(29(36)14-5-10-24-22-31-18-20-35(24)30-32-16-7-17-33-30)19-15-27(28-13-6-21-37-28)26-12-4-9-23-8-2-3-11-25(23)26/h2-4,6-9,11-13,16-17,21,24,27,31H,5,10,14-15,18-20,22H2,1H3. The molecule has 0 radical (unpaired) electrons. The molecular weight excluding hydrogens is 478 g/mol. The Hall–Kier alpha value is -3.29. The lowest BCUT2D eigenvalue weighted by Crippen LogP contribution is -2.52. The average Bonchev–Trinajstić information content (AvgIpc) is 3.48. The largest absolute Gasteiger partial charge is 0.346 e. The number of benzene rings is 2. The van der Waals surface area contributed by atoms with E-state index in [-0.39, 0.29) is 11.8 Å². The monoisotopic (exact) mass is 513 g/mol. The molecule has 1 fully saturated rings. The summed E-state index contributed by atoms with van der Waals surface area (Å²) in [6.07, 6.45) is 6.86. The van der Waals surface area contributed by atoms with Crippen LogP contribution in [0.4, 0.5) is 5.95 Å². The third-order valence-electron chi connectivity index (χ3n) is 7.35. The van der Waals surface area contributed by atoms with Crippen molar-refractivity contribution in [3.63, 3.8) is 0 Å². The van der Waals surface area contributed by atoms with Crippen molar-refractivity contribution in [2.75, 3.05) is 38.1 Å². The second kappa shape index (κ2) is 12.3. The normalized spacial score (nSPS) is 16.6. The molecule has 2 unspecified atom stereocenters. The first kappa shape index (κ1) is 25.4. The van der Waals surface area contributed by atoms with Crippen LogP contribution in [0.3, 0.4) is 0 Å². The first-order valence-electron chi connectivity index (χ1n) is 13.2. The summed E-state index contributed by atoms with van der Waals surface area (Å²) in [5.74, 6) is 1.27. The van der Waals surface area contributed by atoms with Gasteiger partial charge < -0.3 is 15.1 Å². The van der Waals surface area contributed by atoms with E-state index in [0.29, 0.717) is 12.5 Å². The van der Waals surface area contributed by atoms with Crippen LogP contribution in [0.25, 0.3) is 10.8 Å². The summed E-state index contributed by atoms with van der Waals surface area (Å²) < 4.78 is 0. The van der Waals surface area contributed by atoms with Crippen molar-refractivity contribution < 1.29 is 4.79 Å². The Morgan fingerprint density at radius 3 is 2.78 bits per heavy atom. The molecule has 1 aliphatic heterocycles. The summed E-state index contributed by atoms with van der Waals surface area (Å²) in [5.41, 5.74) is 1.34. The highest BCUT2D eigenvalue weighted by atomic mass is 32.1. The number of piperazine rings is 1. The number of hydrogen-bond donors (Lipinski definition) is 1. The molecule has 0 spiro atoms. The fraction of sp³-hybridized carbons (Fsp3) is 0.367.